The van der Waals surface area contributed by atoms with Crippen molar-refractivity contribution in [2.75, 3.05) is 11.5 Å². The lowest BCUT2D eigenvalue weighted by Gasteiger charge is -2.28. The third-order valence-corrected chi connectivity index (χ3v) is 7.51. The second kappa shape index (κ2) is 10.8. The number of ether oxygens (including phenoxy) is 1. The van der Waals surface area contributed by atoms with Gasteiger partial charge in [0.15, 0.2) is 0 Å². The molecule has 4 amide bonds. The van der Waals surface area contributed by atoms with Crippen molar-refractivity contribution < 1.29 is 19.1 Å². The Kier molecular flexibility index (Phi) is 7.76. The minimum atomic E-state index is -0.768. The van der Waals surface area contributed by atoms with Crippen LogP contribution in [0.5, 0.6) is 5.75 Å². The number of hydrogen-bond acceptors (Lipinski definition) is 4. The van der Waals surface area contributed by atoms with Gasteiger partial charge in [-0.15, -0.1) is 0 Å². The van der Waals surface area contributed by atoms with E-state index in [-0.39, 0.29) is 5.57 Å². The second-order valence-corrected chi connectivity index (χ2v) is 10.1. The summed E-state index contributed by atoms with van der Waals surface area (Å²) in [6.45, 7) is 6.08. The molecule has 1 aliphatic heterocycles. The quantitative estimate of drug-likeness (QED) is 0.256. The lowest BCUT2D eigenvalue weighted by molar-refractivity contribution is -0.122. The first kappa shape index (κ1) is 25.9. The molecule has 1 N–H and O–H groups in total. The molecule has 1 heterocycles. The van der Waals surface area contributed by atoms with Gasteiger partial charge in [-0.2, -0.15) is 0 Å². The molecule has 0 spiro atoms. The van der Waals surface area contributed by atoms with Crippen molar-refractivity contribution >= 4 is 61.5 Å². The lowest BCUT2D eigenvalue weighted by atomic mass is 10.00. The zero-order valence-electron chi connectivity index (χ0n) is 20.0. The Hall–Kier alpha value is -3.23. The number of barbiturate groups is 1. The number of aryl methyl sites for hydroxylation is 1. The van der Waals surface area contributed by atoms with E-state index < -0.39 is 17.8 Å². The monoisotopic (exact) mass is 610 g/mol. The smallest absolute Gasteiger partial charge is 0.335 e. The van der Waals surface area contributed by atoms with E-state index in [4.69, 9.17) is 4.74 Å². The molecule has 4 rings (SSSR count). The van der Waals surface area contributed by atoms with Gasteiger partial charge in [-0.1, -0.05) is 62.2 Å². The standard InChI is InChI=1S/C28H24Br2N2O4/c1-4-36-25-14-18(13-23(30)20(25)15-19-9-5-6-10-22(19)29)12-21-26(33)31-28(35)32(27(21)34)24-11-7-8-16(2)17(24)3/h5-14H,4,15H2,1-3H3,(H,31,33,35)/b21-12+. The van der Waals surface area contributed by atoms with Crippen molar-refractivity contribution in [1.29, 1.82) is 0 Å². The van der Waals surface area contributed by atoms with Crippen molar-refractivity contribution in [1.82, 2.24) is 5.32 Å². The normalized spacial score (nSPS) is 14.9. The molecule has 1 saturated heterocycles. The van der Waals surface area contributed by atoms with Gasteiger partial charge >= 0.3 is 6.03 Å². The first-order valence-corrected chi connectivity index (χ1v) is 13.0. The first-order valence-electron chi connectivity index (χ1n) is 11.4. The van der Waals surface area contributed by atoms with Gasteiger partial charge < -0.3 is 4.74 Å². The van der Waals surface area contributed by atoms with Gasteiger partial charge in [0.25, 0.3) is 11.8 Å². The molecule has 0 atom stereocenters. The summed E-state index contributed by atoms with van der Waals surface area (Å²) in [6, 6.07) is 16.2. The van der Waals surface area contributed by atoms with Crippen LogP contribution in [-0.4, -0.2) is 24.5 Å². The number of amides is 4. The minimum Gasteiger partial charge on any atom is -0.494 e. The summed E-state index contributed by atoms with van der Waals surface area (Å²) in [5, 5.41) is 2.29. The molecule has 3 aromatic rings. The fourth-order valence-electron chi connectivity index (χ4n) is 4.02. The number of urea groups is 1. The van der Waals surface area contributed by atoms with Gasteiger partial charge in [-0.25, -0.2) is 9.69 Å². The number of carbonyl (C=O) groups is 3. The molecule has 8 heteroatoms. The number of anilines is 1. The molecule has 0 aromatic heterocycles. The third kappa shape index (κ3) is 5.15. The van der Waals surface area contributed by atoms with Gasteiger partial charge in [0.05, 0.1) is 12.3 Å². The van der Waals surface area contributed by atoms with E-state index in [0.29, 0.717) is 30.0 Å². The maximum absolute atomic E-state index is 13.4. The molecule has 0 unspecified atom stereocenters. The molecule has 184 valence electrons. The van der Waals surface area contributed by atoms with Crippen LogP contribution in [0.2, 0.25) is 0 Å². The maximum atomic E-state index is 13.4. The van der Waals surface area contributed by atoms with Crippen molar-refractivity contribution in [3.05, 3.63) is 96.9 Å². The van der Waals surface area contributed by atoms with E-state index in [2.05, 4.69) is 37.2 Å². The molecule has 0 radical (unpaired) electrons. The van der Waals surface area contributed by atoms with Crippen LogP contribution >= 0.6 is 31.9 Å². The van der Waals surface area contributed by atoms with Crippen LogP contribution in [0.15, 0.2) is 69.1 Å². The Bertz CT molecular complexity index is 1410. The van der Waals surface area contributed by atoms with Crippen LogP contribution in [0.4, 0.5) is 10.5 Å². The highest BCUT2D eigenvalue weighted by Crippen LogP contribution is 2.34. The highest BCUT2D eigenvalue weighted by atomic mass is 79.9. The number of rotatable bonds is 6. The second-order valence-electron chi connectivity index (χ2n) is 8.36. The number of carbonyl (C=O) groups excluding carboxylic acids is 3. The summed E-state index contributed by atoms with van der Waals surface area (Å²) in [4.78, 5) is 39.7. The van der Waals surface area contributed by atoms with Crippen LogP contribution in [-0.2, 0) is 16.0 Å². The predicted molar refractivity (Wildman–Crippen MR) is 147 cm³/mol. The average molecular weight is 612 g/mol. The Morgan fingerprint density at radius 2 is 1.72 bits per heavy atom. The fourth-order valence-corrected chi connectivity index (χ4v) is 5.05. The molecule has 36 heavy (non-hydrogen) atoms. The summed E-state index contributed by atoms with van der Waals surface area (Å²) in [6.07, 6.45) is 2.10. The summed E-state index contributed by atoms with van der Waals surface area (Å²) in [7, 11) is 0. The van der Waals surface area contributed by atoms with Gasteiger partial charge in [0.2, 0.25) is 0 Å². The molecule has 6 nitrogen and oxygen atoms in total. The Labute approximate surface area is 226 Å². The van der Waals surface area contributed by atoms with Crippen LogP contribution in [0, 0.1) is 13.8 Å². The molecule has 0 saturated carbocycles. The SMILES string of the molecule is CCOc1cc(/C=C2\C(=O)NC(=O)N(c3cccc(C)c3C)C2=O)cc(Br)c1Cc1ccccc1Br. The first-order chi connectivity index (χ1) is 17.2. The van der Waals surface area contributed by atoms with E-state index in [1.54, 1.807) is 18.2 Å². The Morgan fingerprint density at radius 1 is 0.972 bits per heavy atom. The van der Waals surface area contributed by atoms with E-state index in [9.17, 15) is 14.4 Å². The molecule has 1 aliphatic rings. The van der Waals surface area contributed by atoms with E-state index in [1.165, 1.54) is 6.08 Å². The number of nitrogens with one attached hydrogen (secondary N) is 1. The summed E-state index contributed by atoms with van der Waals surface area (Å²) in [5.41, 5.74) is 4.65. The van der Waals surface area contributed by atoms with Crippen molar-refractivity contribution in [3.8, 4) is 5.75 Å². The number of benzene rings is 3. The van der Waals surface area contributed by atoms with Crippen LogP contribution < -0.4 is 15.0 Å². The lowest BCUT2D eigenvalue weighted by Crippen LogP contribution is -2.54. The van der Waals surface area contributed by atoms with E-state index in [1.807, 2.05) is 57.2 Å². The minimum absolute atomic E-state index is 0.136. The van der Waals surface area contributed by atoms with Gasteiger partial charge in [-0.3, -0.25) is 14.9 Å². The van der Waals surface area contributed by atoms with Crippen molar-refractivity contribution in [2.24, 2.45) is 0 Å². The predicted octanol–water partition coefficient (Wildman–Crippen LogP) is 6.48. The van der Waals surface area contributed by atoms with Gasteiger partial charge in [-0.05, 0) is 73.4 Å². The maximum Gasteiger partial charge on any atom is 0.335 e. The van der Waals surface area contributed by atoms with E-state index in [0.717, 1.165) is 36.1 Å². The fraction of sp³-hybridized carbons (Fsp3) is 0.179. The number of hydrogen-bond donors (Lipinski definition) is 1. The largest absolute Gasteiger partial charge is 0.494 e. The van der Waals surface area contributed by atoms with Crippen LogP contribution in [0.3, 0.4) is 0 Å². The highest BCUT2D eigenvalue weighted by Gasteiger charge is 2.37. The zero-order valence-corrected chi connectivity index (χ0v) is 23.2. The topological polar surface area (TPSA) is 75.7 Å². The molecule has 1 fully saturated rings. The molecule has 0 aliphatic carbocycles. The summed E-state index contributed by atoms with van der Waals surface area (Å²) in [5.74, 6) is -0.776. The van der Waals surface area contributed by atoms with Gasteiger partial charge in [0, 0.05) is 20.9 Å². The Morgan fingerprint density at radius 3 is 2.44 bits per heavy atom. The average Bonchev–Trinajstić information content (AvgIpc) is 2.83. The molecule has 3 aromatic carbocycles. The number of imide groups is 2. The van der Waals surface area contributed by atoms with Gasteiger partial charge in [0.1, 0.15) is 11.3 Å². The van der Waals surface area contributed by atoms with Crippen LogP contribution in [0.25, 0.3) is 6.08 Å². The van der Waals surface area contributed by atoms with Crippen molar-refractivity contribution in [2.45, 2.75) is 27.2 Å². The molecule has 0 bridgehead atoms. The number of nitrogens with zero attached hydrogens (tertiary/aromatic N) is 1. The zero-order chi connectivity index (χ0) is 26.0. The molecular formula is C28H24Br2N2O4. The number of halogens is 2. The van der Waals surface area contributed by atoms with Crippen LogP contribution in [0.1, 0.15) is 34.7 Å². The molecular weight excluding hydrogens is 588 g/mol. The Balaban J connectivity index is 1.75. The highest BCUT2D eigenvalue weighted by molar-refractivity contribution is 9.10. The van der Waals surface area contributed by atoms with Crippen molar-refractivity contribution in [3.63, 3.8) is 0 Å². The summed E-state index contributed by atoms with van der Waals surface area (Å²) < 4.78 is 7.70. The van der Waals surface area contributed by atoms with E-state index >= 15 is 0 Å². The summed E-state index contributed by atoms with van der Waals surface area (Å²) >= 11 is 7.24. The third-order valence-electron chi connectivity index (χ3n) is 6.03.